The van der Waals surface area contributed by atoms with E-state index >= 15 is 0 Å². The molecule has 0 N–H and O–H groups in total. The zero-order valence-corrected chi connectivity index (χ0v) is 13.3. The van der Waals surface area contributed by atoms with Gasteiger partial charge in [-0.05, 0) is 35.9 Å². The van der Waals surface area contributed by atoms with Crippen molar-refractivity contribution in [2.24, 2.45) is 0 Å². The molecule has 5 heteroatoms. The fraction of sp³-hybridized carbons (Fsp3) is 0.200. The molecule has 0 aliphatic rings. The molecule has 0 fully saturated rings. The molecule has 2 aromatic carbocycles. The van der Waals surface area contributed by atoms with Gasteiger partial charge in [0.2, 0.25) is 0 Å². The molecule has 0 bridgehead atoms. The van der Waals surface area contributed by atoms with Gasteiger partial charge in [-0.15, -0.1) is 11.6 Å². The monoisotopic (exact) mass is 330 g/mol. The second-order valence-electron chi connectivity index (χ2n) is 4.14. The molecule has 1 unspecified atom stereocenters. The molecule has 2 nitrogen and oxygen atoms in total. The maximum Gasteiger partial charge on any atom is 0.127 e. The molecular formula is C15H13Cl3O2. The summed E-state index contributed by atoms with van der Waals surface area (Å²) in [6.45, 7) is 0. The van der Waals surface area contributed by atoms with Crippen LogP contribution in [0.2, 0.25) is 10.0 Å². The molecule has 0 saturated carbocycles. The van der Waals surface area contributed by atoms with Gasteiger partial charge in [0.25, 0.3) is 0 Å². The molecule has 106 valence electrons. The molecule has 20 heavy (non-hydrogen) atoms. The van der Waals surface area contributed by atoms with Crippen LogP contribution in [0.1, 0.15) is 16.5 Å². The number of halogens is 3. The molecule has 0 aliphatic heterocycles. The molecule has 0 radical (unpaired) electrons. The van der Waals surface area contributed by atoms with E-state index in [9.17, 15) is 0 Å². The van der Waals surface area contributed by atoms with Crippen molar-refractivity contribution in [1.29, 1.82) is 0 Å². The van der Waals surface area contributed by atoms with E-state index in [4.69, 9.17) is 44.3 Å². The van der Waals surface area contributed by atoms with Crippen molar-refractivity contribution >= 4 is 34.8 Å². The van der Waals surface area contributed by atoms with Gasteiger partial charge in [0.1, 0.15) is 11.5 Å². The number of ether oxygens (including phenoxy) is 2. The summed E-state index contributed by atoms with van der Waals surface area (Å²) in [4.78, 5) is 0. The largest absolute Gasteiger partial charge is 0.497 e. The summed E-state index contributed by atoms with van der Waals surface area (Å²) in [5.74, 6) is 1.34. The van der Waals surface area contributed by atoms with Crippen LogP contribution >= 0.6 is 34.8 Å². The van der Waals surface area contributed by atoms with Crippen molar-refractivity contribution in [3.63, 3.8) is 0 Å². The first-order valence-corrected chi connectivity index (χ1v) is 7.07. The average molecular weight is 332 g/mol. The summed E-state index contributed by atoms with van der Waals surface area (Å²) < 4.78 is 10.5. The summed E-state index contributed by atoms with van der Waals surface area (Å²) in [5.41, 5.74) is 1.54. The minimum absolute atomic E-state index is 0.456. The Balaban J connectivity index is 2.47. The van der Waals surface area contributed by atoms with Gasteiger partial charge in [0, 0.05) is 21.7 Å². The number of hydrogen-bond donors (Lipinski definition) is 0. The van der Waals surface area contributed by atoms with Crippen molar-refractivity contribution in [3.8, 4) is 11.5 Å². The summed E-state index contributed by atoms with van der Waals surface area (Å²) >= 11 is 18.7. The Morgan fingerprint density at radius 2 is 1.65 bits per heavy atom. The Labute approximate surface area is 133 Å². The first kappa shape index (κ1) is 15.3. The molecule has 2 rings (SSSR count). The lowest BCUT2D eigenvalue weighted by Crippen LogP contribution is -1.99. The number of hydrogen-bond acceptors (Lipinski definition) is 2. The molecule has 0 heterocycles. The average Bonchev–Trinajstić information content (AvgIpc) is 2.48. The molecule has 0 spiro atoms. The van der Waals surface area contributed by atoms with Crippen LogP contribution in [0.3, 0.4) is 0 Å². The van der Waals surface area contributed by atoms with E-state index < -0.39 is 5.38 Å². The Morgan fingerprint density at radius 3 is 2.30 bits per heavy atom. The van der Waals surface area contributed by atoms with Crippen molar-refractivity contribution < 1.29 is 9.47 Å². The van der Waals surface area contributed by atoms with Crippen molar-refractivity contribution in [2.75, 3.05) is 14.2 Å². The standard InChI is InChI=1S/C15H13Cl3O2/c1-19-10-4-5-11(14(8-10)20-2)15(18)12-7-9(16)3-6-13(12)17/h3-8,15H,1-2H3. The quantitative estimate of drug-likeness (QED) is 0.704. The van der Waals surface area contributed by atoms with Crippen LogP contribution in [0.15, 0.2) is 36.4 Å². The summed E-state index contributed by atoms with van der Waals surface area (Å²) in [5, 5.41) is 0.692. The van der Waals surface area contributed by atoms with Crippen LogP contribution in [0.25, 0.3) is 0 Å². The van der Waals surface area contributed by atoms with Crippen LogP contribution in [-0.2, 0) is 0 Å². The van der Waals surface area contributed by atoms with Crippen LogP contribution in [0.4, 0.5) is 0 Å². The minimum Gasteiger partial charge on any atom is -0.497 e. The van der Waals surface area contributed by atoms with Gasteiger partial charge in [-0.25, -0.2) is 0 Å². The third-order valence-electron chi connectivity index (χ3n) is 2.94. The van der Waals surface area contributed by atoms with Gasteiger partial charge in [0.15, 0.2) is 0 Å². The smallest absolute Gasteiger partial charge is 0.127 e. The van der Waals surface area contributed by atoms with Gasteiger partial charge in [-0.3, -0.25) is 0 Å². The Bertz CT molecular complexity index is 614. The lowest BCUT2D eigenvalue weighted by atomic mass is 10.0. The van der Waals surface area contributed by atoms with Crippen molar-refractivity contribution in [2.45, 2.75) is 5.38 Å². The summed E-state index contributed by atoms with van der Waals surface area (Å²) in [7, 11) is 3.18. The summed E-state index contributed by atoms with van der Waals surface area (Å²) in [6.07, 6.45) is 0. The predicted octanol–water partition coefficient (Wildman–Crippen LogP) is 5.34. The van der Waals surface area contributed by atoms with E-state index in [0.29, 0.717) is 21.5 Å². The lowest BCUT2D eigenvalue weighted by Gasteiger charge is -2.16. The number of benzene rings is 2. The maximum atomic E-state index is 6.52. The Kier molecular flexibility index (Phi) is 5.03. The molecule has 0 saturated heterocycles. The molecule has 0 aliphatic carbocycles. The van der Waals surface area contributed by atoms with Gasteiger partial charge >= 0.3 is 0 Å². The van der Waals surface area contributed by atoms with Gasteiger partial charge < -0.3 is 9.47 Å². The van der Waals surface area contributed by atoms with E-state index in [1.165, 1.54) is 0 Å². The molecular weight excluding hydrogens is 319 g/mol. The third-order valence-corrected chi connectivity index (χ3v) is 3.99. The van der Waals surface area contributed by atoms with Gasteiger partial charge in [-0.2, -0.15) is 0 Å². The highest BCUT2D eigenvalue weighted by Gasteiger charge is 2.19. The molecule has 0 aromatic heterocycles. The second kappa shape index (κ2) is 6.57. The fourth-order valence-electron chi connectivity index (χ4n) is 1.90. The third kappa shape index (κ3) is 3.14. The molecule has 2 aromatic rings. The van der Waals surface area contributed by atoms with Gasteiger partial charge in [-0.1, -0.05) is 23.2 Å². The van der Waals surface area contributed by atoms with E-state index in [0.717, 1.165) is 11.1 Å². The Hall–Kier alpha value is -1.09. The maximum absolute atomic E-state index is 6.52. The van der Waals surface area contributed by atoms with E-state index in [1.54, 1.807) is 38.5 Å². The highest BCUT2D eigenvalue weighted by molar-refractivity contribution is 6.35. The number of alkyl halides is 1. The van der Waals surface area contributed by atoms with E-state index in [-0.39, 0.29) is 0 Å². The van der Waals surface area contributed by atoms with Crippen molar-refractivity contribution in [3.05, 3.63) is 57.6 Å². The predicted molar refractivity (Wildman–Crippen MR) is 83.7 cm³/mol. The summed E-state index contributed by atoms with van der Waals surface area (Å²) in [6, 6.07) is 10.7. The molecule has 0 amide bonds. The fourth-order valence-corrected chi connectivity index (χ4v) is 2.73. The minimum atomic E-state index is -0.456. The van der Waals surface area contributed by atoms with Crippen molar-refractivity contribution in [1.82, 2.24) is 0 Å². The topological polar surface area (TPSA) is 18.5 Å². The SMILES string of the molecule is COc1ccc(C(Cl)c2cc(Cl)ccc2Cl)c(OC)c1. The van der Waals surface area contributed by atoms with Crippen LogP contribution in [-0.4, -0.2) is 14.2 Å². The first-order valence-electron chi connectivity index (χ1n) is 5.87. The van der Waals surface area contributed by atoms with Crippen LogP contribution in [0, 0.1) is 0 Å². The number of rotatable bonds is 4. The second-order valence-corrected chi connectivity index (χ2v) is 5.42. The highest BCUT2D eigenvalue weighted by atomic mass is 35.5. The van der Waals surface area contributed by atoms with E-state index in [1.807, 2.05) is 12.1 Å². The van der Waals surface area contributed by atoms with Gasteiger partial charge in [0.05, 0.1) is 19.6 Å². The van der Waals surface area contributed by atoms with Crippen LogP contribution in [0.5, 0.6) is 11.5 Å². The Morgan fingerprint density at radius 1 is 0.900 bits per heavy atom. The van der Waals surface area contributed by atoms with E-state index in [2.05, 4.69) is 0 Å². The number of methoxy groups -OCH3 is 2. The normalized spacial score (nSPS) is 12.1. The molecule has 1 atom stereocenters. The highest BCUT2D eigenvalue weighted by Crippen LogP contribution is 2.40. The van der Waals surface area contributed by atoms with Crippen LogP contribution < -0.4 is 9.47 Å². The zero-order valence-electron chi connectivity index (χ0n) is 11.0. The first-order chi connectivity index (χ1) is 9.56. The lowest BCUT2D eigenvalue weighted by molar-refractivity contribution is 0.391. The zero-order chi connectivity index (χ0) is 14.7.